The van der Waals surface area contributed by atoms with Gasteiger partial charge in [0.05, 0.1) is 22.4 Å². The Hall–Kier alpha value is -8.20. The lowest BCUT2D eigenvalue weighted by Gasteiger charge is -2.31. The predicted molar refractivity (Wildman–Crippen MR) is 287 cm³/mol. The van der Waals surface area contributed by atoms with E-state index >= 15 is 0 Å². The first-order chi connectivity index (χ1) is 33.3. The van der Waals surface area contributed by atoms with E-state index in [-0.39, 0.29) is 10.8 Å². The summed E-state index contributed by atoms with van der Waals surface area (Å²) in [5.41, 5.74) is 24.7. The second kappa shape index (κ2) is 15.2. The summed E-state index contributed by atoms with van der Waals surface area (Å²) in [6.07, 6.45) is 0. The topological polar surface area (TPSA) is 8.17 Å². The summed E-state index contributed by atoms with van der Waals surface area (Å²) < 4.78 is 2.38. The maximum Gasteiger partial charge on any atom is 0.0541 e. The SMILES string of the molecule is CC1(C)c2ccccc2-c2ccc(-c3ccccc3N(c3ccc(-c4ccc5c(c4)c4ccccc4n5-c4ccccc4)cc3)c3ccccc3-c3cccc4c3-c3ccccc3C4(C)C)cc21. The van der Waals surface area contributed by atoms with Crippen LogP contribution in [0.4, 0.5) is 17.1 Å². The van der Waals surface area contributed by atoms with E-state index < -0.39 is 0 Å². The van der Waals surface area contributed by atoms with Gasteiger partial charge in [0.1, 0.15) is 0 Å². The number of hydrogen-bond acceptors (Lipinski definition) is 1. The summed E-state index contributed by atoms with van der Waals surface area (Å²) in [4.78, 5) is 2.50. The molecule has 68 heavy (non-hydrogen) atoms. The van der Waals surface area contributed by atoms with E-state index in [1.165, 1.54) is 105 Å². The van der Waals surface area contributed by atoms with Crippen molar-refractivity contribution >= 4 is 38.9 Å². The Kier molecular flexibility index (Phi) is 8.95. The number of fused-ring (bicyclic) bond motifs is 9. The van der Waals surface area contributed by atoms with E-state index in [1.807, 2.05) is 0 Å². The molecule has 0 saturated carbocycles. The third kappa shape index (κ3) is 5.97. The monoisotopic (exact) mass is 870 g/mol. The van der Waals surface area contributed by atoms with E-state index in [1.54, 1.807) is 0 Å². The molecule has 0 radical (unpaired) electrons. The first-order valence-electron chi connectivity index (χ1n) is 23.9. The molecule has 1 heterocycles. The molecule has 10 aromatic carbocycles. The van der Waals surface area contributed by atoms with Gasteiger partial charge in [-0.15, -0.1) is 0 Å². The van der Waals surface area contributed by atoms with Gasteiger partial charge in [-0.2, -0.15) is 0 Å². The van der Waals surface area contributed by atoms with E-state index in [4.69, 9.17) is 0 Å². The fraction of sp³-hybridized carbons (Fsp3) is 0.0909. The molecule has 324 valence electrons. The maximum absolute atomic E-state index is 2.50. The lowest BCUT2D eigenvalue weighted by Crippen LogP contribution is -2.15. The molecule has 0 atom stereocenters. The van der Waals surface area contributed by atoms with Crippen LogP contribution in [0.2, 0.25) is 0 Å². The van der Waals surface area contributed by atoms with E-state index in [0.29, 0.717) is 0 Å². The number of anilines is 3. The molecule has 13 rings (SSSR count). The Morgan fingerprint density at radius 3 is 1.63 bits per heavy atom. The standard InChI is InChI=1S/C66H50N2/c1-65(2)57-28-14-9-25-54(57)64-53(26-18-29-58(64)65)51-23-11-16-31-61(51)68(60-30-15-10-21-48(60)45-35-39-50-49-22-8-13-27-56(49)66(3,4)59(50)42-45)47-37-33-43(34-38-47)44-36-40-63-55(41-44)52-24-12-17-32-62(52)67(63)46-19-6-5-7-20-46/h5-42H,1-4H3. The minimum absolute atomic E-state index is 0.112. The molecule has 0 unspecified atom stereocenters. The molecule has 2 aliphatic carbocycles. The van der Waals surface area contributed by atoms with Crippen LogP contribution in [0.15, 0.2) is 231 Å². The maximum atomic E-state index is 2.50. The smallest absolute Gasteiger partial charge is 0.0541 e. The molecule has 2 aliphatic rings. The third-order valence-corrected chi connectivity index (χ3v) is 15.2. The zero-order valence-electron chi connectivity index (χ0n) is 38.8. The molecule has 0 aliphatic heterocycles. The highest BCUT2D eigenvalue weighted by Gasteiger charge is 2.38. The molecule has 0 spiro atoms. The highest BCUT2D eigenvalue weighted by atomic mass is 15.1. The molecule has 0 bridgehead atoms. The minimum atomic E-state index is -0.115. The number of aromatic nitrogens is 1. The summed E-state index contributed by atoms with van der Waals surface area (Å²) in [5.74, 6) is 0. The molecular formula is C66H50N2. The van der Waals surface area contributed by atoms with Gasteiger partial charge in [-0.05, 0) is 127 Å². The first kappa shape index (κ1) is 40.1. The molecule has 11 aromatic rings. The van der Waals surface area contributed by atoms with Crippen molar-refractivity contribution < 1.29 is 0 Å². The van der Waals surface area contributed by atoms with Crippen molar-refractivity contribution in [3.05, 3.63) is 253 Å². The van der Waals surface area contributed by atoms with Crippen molar-refractivity contribution in [3.8, 4) is 61.3 Å². The van der Waals surface area contributed by atoms with Crippen molar-refractivity contribution in [2.75, 3.05) is 4.90 Å². The second-order valence-electron chi connectivity index (χ2n) is 19.7. The molecule has 2 heteroatoms. The Balaban J connectivity index is 0.990. The summed E-state index contributed by atoms with van der Waals surface area (Å²) in [6, 6.07) is 85.6. The summed E-state index contributed by atoms with van der Waals surface area (Å²) in [6.45, 7) is 9.47. The second-order valence-corrected chi connectivity index (χ2v) is 19.7. The van der Waals surface area contributed by atoms with Crippen molar-refractivity contribution in [1.29, 1.82) is 0 Å². The van der Waals surface area contributed by atoms with Crippen LogP contribution in [-0.2, 0) is 10.8 Å². The predicted octanol–water partition coefficient (Wildman–Crippen LogP) is 17.9. The Bertz CT molecular complexity index is 3790. The van der Waals surface area contributed by atoms with Crippen LogP contribution >= 0.6 is 0 Å². The fourth-order valence-corrected chi connectivity index (χ4v) is 11.9. The van der Waals surface area contributed by atoms with Gasteiger partial charge in [0.2, 0.25) is 0 Å². The molecule has 1 aromatic heterocycles. The summed E-state index contributed by atoms with van der Waals surface area (Å²) in [5, 5.41) is 2.50. The van der Waals surface area contributed by atoms with E-state index in [2.05, 4.69) is 268 Å². The number of benzene rings is 10. The average molecular weight is 871 g/mol. The first-order valence-corrected chi connectivity index (χ1v) is 23.9. The van der Waals surface area contributed by atoms with Gasteiger partial charge in [0, 0.05) is 44.1 Å². The van der Waals surface area contributed by atoms with E-state index in [0.717, 1.165) is 17.1 Å². The Morgan fingerprint density at radius 2 is 0.853 bits per heavy atom. The van der Waals surface area contributed by atoms with Crippen molar-refractivity contribution in [2.45, 2.75) is 38.5 Å². The largest absolute Gasteiger partial charge is 0.309 e. The van der Waals surface area contributed by atoms with Crippen LogP contribution in [0.5, 0.6) is 0 Å². The van der Waals surface area contributed by atoms with Gasteiger partial charge < -0.3 is 9.47 Å². The fourth-order valence-electron chi connectivity index (χ4n) is 11.9. The molecular weight excluding hydrogens is 821 g/mol. The highest BCUT2D eigenvalue weighted by Crippen LogP contribution is 2.55. The Morgan fingerprint density at radius 1 is 0.324 bits per heavy atom. The number of para-hydroxylation sites is 4. The quantitative estimate of drug-likeness (QED) is 0.155. The average Bonchev–Trinajstić information content (AvgIpc) is 3.93. The highest BCUT2D eigenvalue weighted by molar-refractivity contribution is 6.10. The van der Waals surface area contributed by atoms with Gasteiger partial charge in [-0.25, -0.2) is 0 Å². The van der Waals surface area contributed by atoms with Crippen LogP contribution in [0.3, 0.4) is 0 Å². The van der Waals surface area contributed by atoms with Crippen LogP contribution < -0.4 is 4.90 Å². The molecule has 0 fully saturated rings. The summed E-state index contributed by atoms with van der Waals surface area (Å²) in [7, 11) is 0. The van der Waals surface area contributed by atoms with Gasteiger partial charge in [-0.3, -0.25) is 0 Å². The third-order valence-electron chi connectivity index (χ3n) is 15.2. The lowest BCUT2D eigenvalue weighted by molar-refractivity contribution is 0.660. The minimum Gasteiger partial charge on any atom is -0.309 e. The molecule has 0 saturated heterocycles. The molecule has 2 nitrogen and oxygen atoms in total. The van der Waals surface area contributed by atoms with Crippen LogP contribution in [-0.4, -0.2) is 4.57 Å². The van der Waals surface area contributed by atoms with Gasteiger partial charge in [-0.1, -0.05) is 198 Å². The summed E-state index contributed by atoms with van der Waals surface area (Å²) >= 11 is 0. The molecule has 0 amide bonds. The van der Waals surface area contributed by atoms with Crippen molar-refractivity contribution in [2.24, 2.45) is 0 Å². The van der Waals surface area contributed by atoms with Crippen molar-refractivity contribution in [3.63, 3.8) is 0 Å². The van der Waals surface area contributed by atoms with Crippen LogP contribution in [0.25, 0.3) is 83.1 Å². The van der Waals surface area contributed by atoms with Gasteiger partial charge in [0.15, 0.2) is 0 Å². The number of hydrogen-bond donors (Lipinski definition) is 0. The Labute approximate surface area is 399 Å². The normalized spacial score (nSPS) is 13.8. The van der Waals surface area contributed by atoms with Crippen molar-refractivity contribution in [1.82, 2.24) is 4.57 Å². The zero-order valence-corrected chi connectivity index (χ0v) is 38.8. The van der Waals surface area contributed by atoms with E-state index in [9.17, 15) is 0 Å². The van der Waals surface area contributed by atoms with Gasteiger partial charge in [0.25, 0.3) is 0 Å². The van der Waals surface area contributed by atoms with Crippen LogP contribution in [0.1, 0.15) is 49.9 Å². The molecule has 0 N–H and O–H groups in total. The van der Waals surface area contributed by atoms with Gasteiger partial charge >= 0.3 is 0 Å². The number of nitrogens with zero attached hydrogens (tertiary/aromatic N) is 2. The lowest BCUT2D eigenvalue weighted by atomic mass is 9.81. The zero-order chi connectivity index (χ0) is 45.7. The number of rotatable bonds is 7. The van der Waals surface area contributed by atoms with Crippen LogP contribution in [0, 0.1) is 0 Å².